The zero-order valence-electron chi connectivity index (χ0n) is 28.9. The molecule has 1 aromatic heterocycles. The van der Waals surface area contributed by atoms with Gasteiger partial charge in [0, 0.05) is 77.5 Å². The highest BCUT2D eigenvalue weighted by molar-refractivity contribution is 7.92. The van der Waals surface area contributed by atoms with Crippen LogP contribution in [0.5, 0.6) is 17.2 Å². The predicted molar refractivity (Wildman–Crippen MR) is 196 cm³/mol. The number of carbonyl (C=O) groups is 1. The summed E-state index contributed by atoms with van der Waals surface area (Å²) in [5.74, 6) is 2.52. The molecule has 270 valence electrons. The van der Waals surface area contributed by atoms with Crippen LogP contribution in [0.3, 0.4) is 0 Å². The first kappa shape index (κ1) is 35.6. The average Bonchev–Trinajstić information content (AvgIpc) is 3.10. The van der Waals surface area contributed by atoms with Gasteiger partial charge in [-0.15, -0.1) is 0 Å². The van der Waals surface area contributed by atoms with E-state index in [0.717, 1.165) is 82.6 Å². The number of ether oxygens (including phenoxy) is 3. The number of carbonyl (C=O) groups excluding carboxylic acids is 1. The molecule has 2 N–H and O–H groups in total. The predicted octanol–water partition coefficient (Wildman–Crippen LogP) is 4.71. The van der Waals surface area contributed by atoms with Gasteiger partial charge in [0.25, 0.3) is 0 Å². The van der Waals surface area contributed by atoms with Gasteiger partial charge in [-0.05, 0) is 37.8 Å². The zero-order valence-corrected chi connectivity index (χ0v) is 30.5. The second-order valence-electron chi connectivity index (χ2n) is 12.7. The number of aromatic nitrogens is 2. The summed E-state index contributed by atoms with van der Waals surface area (Å²) in [5.41, 5.74) is 2.42. The maximum absolute atomic E-state index is 12.5. The van der Waals surface area contributed by atoms with Crippen molar-refractivity contribution in [1.29, 1.82) is 0 Å². The van der Waals surface area contributed by atoms with Gasteiger partial charge in [-0.25, -0.2) is 13.4 Å². The van der Waals surface area contributed by atoms with E-state index in [4.69, 9.17) is 25.8 Å². The Balaban J connectivity index is 1.27. The summed E-state index contributed by atoms with van der Waals surface area (Å²) in [4.78, 5) is 27.6. The highest BCUT2D eigenvalue weighted by Crippen LogP contribution is 2.42. The molecule has 14 nitrogen and oxygen atoms in total. The normalized spacial score (nSPS) is 17.8. The fourth-order valence-electron chi connectivity index (χ4n) is 6.54. The van der Waals surface area contributed by atoms with Gasteiger partial charge < -0.3 is 34.6 Å². The van der Waals surface area contributed by atoms with E-state index in [9.17, 15) is 13.2 Å². The van der Waals surface area contributed by atoms with Gasteiger partial charge in [0.2, 0.25) is 21.9 Å². The first-order valence-electron chi connectivity index (χ1n) is 16.9. The van der Waals surface area contributed by atoms with Crippen molar-refractivity contribution >= 4 is 62.0 Å². The number of anilines is 6. The molecule has 2 aromatic carbocycles. The van der Waals surface area contributed by atoms with Crippen molar-refractivity contribution in [3.8, 4) is 17.2 Å². The lowest BCUT2D eigenvalue weighted by Crippen LogP contribution is -2.54. The summed E-state index contributed by atoms with van der Waals surface area (Å²) >= 11 is 6.53. The van der Waals surface area contributed by atoms with Crippen molar-refractivity contribution in [2.45, 2.75) is 38.6 Å². The molecular weight excluding hydrogens is 684 g/mol. The van der Waals surface area contributed by atoms with Gasteiger partial charge in [0.1, 0.15) is 22.3 Å². The van der Waals surface area contributed by atoms with Gasteiger partial charge >= 0.3 is 0 Å². The van der Waals surface area contributed by atoms with E-state index in [2.05, 4.69) is 30.4 Å². The number of sulfonamides is 1. The number of piperazine rings is 1. The molecule has 7 rings (SSSR count). The Hall–Kier alpha value is -4.21. The standard InChI is InChI=1S/C34H45ClN8O6S/c1-23(44)41-13-15-42(16-14-41)24-9-11-43(12-10-24)30-21-31(47-3)28-20-32(30)49-18-6-5-17-48-25-7-8-27(29(19-25)40(2)50(4,45)46)37-33-26(35)22-36-34(38-28)39-33/h7-8,19-22,24H,5-6,9-18H2,1-4H3,(H2,36,37,38,39). The quantitative estimate of drug-likeness (QED) is 0.376. The number of hydrogen-bond acceptors (Lipinski definition) is 12. The lowest BCUT2D eigenvalue weighted by molar-refractivity contribution is -0.130. The molecule has 0 atom stereocenters. The van der Waals surface area contributed by atoms with Crippen molar-refractivity contribution in [3.05, 3.63) is 41.6 Å². The van der Waals surface area contributed by atoms with Crippen molar-refractivity contribution in [3.63, 3.8) is 0 Å². The summed E-state index contributed by atoms with van der Waals surface area (Å²) in [7, 11) is -0.491. The Morgan fingerprint density at radius 3 is 2.40 bits per heavy atom. The maximum atomic E-state index is 12.5. The van der Waals surface area contributed by atoms with Crippen LogP contribution in [0.15, 0.2) is 36.5 Å². The Morgan fingerprint density at radius 2 is 1.72 bits per heavy atom. The number of nitrogens with zero attached hydrogens (tertiary/aromatic N) is 6. The van der Waals surface area contributed by atoms with Crippen molar-refractivity contribution in [1.82, 2.24) is 19.8 Å². The molecule has 2 saturated heterocycles. The van der Waals surface area contributed by atoms with E-state index in [0.29, 0.717) is 47.8 Å². The molecule has 4 aliphatic rings. The molecular formula is C34H45ClN8O6S. The smallest absolute Gasteiger partial charge is 0.232 e. The lowest BCUT2D eigenvalue weighted by Gasteiger charge is -2.43. The molecule has 3 aromatic rings. The minimum atomic E-state index is -3.59. The van der Waals surface area contributed by atoms with Crippen LogP contribution in [-0.4, -0.2) is 113 Å². The van der Waals surface area contributed by atoms with Crippen LogP contribution in [0.1, 0.15) is 32.6 Å². The topological polar surface area (TPSA) is 142 Å². The molecule has 50 heavy (non-hydrogen) atoms. The first-order chi connectivity index (χ1) is 24.0. The third kappa shape index (κ3) is 8.22. The Bertz CT molecular complexity index is 1800. The molecule has 0 aliphatic carbocycles. The summed E-state index contributed by atoms with van der Waals surface area (Å²) in [6.07, 6.45) is 6.09. The maximum Gasteiger partial charge on any atom is 0.232 e. The van der Waals surface area contributed by atoms with Gasteiger partial charge in [0.05, 0.1) is 55.5 Å². The van der Waals surface area contributed by atoms with E-state index in [1.54, 1.807) is 32.2 Å². The van der Waals surface area contributed by atoms with E-state index < -0.39 is 10.0 Å². The van der Waals surface area contributed by atoms with Gasteiger partial charge in [-0.3, -0.25) is 14.0 Å². The molecule has 0 saturated carbocycles. The van der Waals surface area contributed by atoms with Crippen LogP contribution < -0.4 is 34.0 Å². The Kier molecular flexibility index (Phi) is 10.9. The van der Waals surface area contributed by atoms with Gasteiger partial charge in [-0.1, -0.05) is 11.6 Å². The summed E-state index contributed by atoms with van der Waals surface area (Å²) < 4.78 is 44.6. The Morgan fingerprint density at radius 1 is 1.00 bits per heavy atom. The van der Waals surface area contributed by atoms with Crippen LogP contribution >= 0.6 is 11.6 Å². The number of amides is 1. The summed E-state index contributed by atoms with van der Waals surface area (Å²) in [6.45, 7) is 7.64. The lowest BCUT2D eigenvalue weighted by atomic mass is 10.0. The van der Waals surface area contributed by atoms with Crippen LogP contribution in [-0.2, 0) is 14.8 Å². The van der Waals surface area contributed by atoms with Crippen LogP contribution in [0.25, 0.3) is 0 Å². The second-order valence-corrected chi connectivity index (χ2v) is 15.2. The van der Waals surface area contributed by atoms with Crippen LogP contribution in [0.4, 0.5) is 34.5 Å². The van der Waals surface area contributed by atoms with Gasteiger partial charge in [0.15, 0.2) is 5.82 Å². The Labute approximate surface area is 298 Å². The molecule has 2 fully saturated rings. The molecule has 1 amide bonds. The number of hydrogen-bond donors (Lipinski definition) is 2. The molecule has 16 heteroatoms. The summed E-state index contributed by atoms with van der Waals surface area (Å²) in [5, 5.41) is 6.70. The fourth-order valence-corrected chi connectivity index (χ4v) is 7.18. The highest BCUT2D eigenvalue weighted by atomic mass is 35.5. The number of halogens is 1. The largest absolute Gasteiger partial charge is 0.494 e. The third-order valence-corrected chi connectivity index (χ3v) is 10.9. The minimum Gasteiger partial charge on any atom is -0.494 e. The molecule has 4 aliphatic heterocycles. The van der Waals surface area contributed by atoms with E-state index in [1.165, 1.54) is 17.5 Å². The minimum absolute atomic E-state index is 0.146. The van der Waals surface area contributed by atoms with E-state index >= 15 is 0 Å². The monoisotopic (exact) mass is 728 g/mol. The number of fused-ring (bicyclic) bond motifs is 7. The third-order valence-electron chi connectivity index (χ3n) is 9.48. The number of methoxy groups -OCH3 is 1. The second kappa shape index (κ2) is 15.4. The van der Waals surface area contributed by atoms with Crippen LogP contribution in [0, 0.1) is 0 Å². The number of nitrogens with one attached hydrogen (secondary N) is 2. The van der Waals surface area contributed by atoms with Crippen LogP contribution in [0.2, 0.25) is 5.02 Å². The number of piperidine rings is 1. The fraction of sp³-hybridized carbons (Fsp3) is 0.500. The number of rotatable bonds is 5. The number of benzene rings is 2. The van der Waals surface area contributed by atoms with Gasteiger partial charge in [-0.2, -0.15) is 4.98 Å². The molecule has 5 heterocycles. The van der Waals surface area contributed by atoms with E-state index in [1.807, 2.05) is 17.0 Å². The molecule has 6 bridgehead atoms. The SMILES string of the molecule is COc1cc(N2CCC(N3CCN(C(C)=O)CC3)CC2)c2cc1Nc1ncc(Cl)c(n1)Nc1ccc(cc1N(C)S(C)(=O)=O)OCCCCO2. The first-order valence-corrected chi connectivity index (χ1v) is 19.1. The average molecular weight is 729 g/mol. The van der Waals surface area contributed by atoms with Crippen molar-refractivity contribution < 1.29 is 27.4 Å². The van der Waals surface area contributed by atoms with Crippen molar-refractivity contribution in [2.75, 3.05) is 92.7 Å². The van der Waals surface area contributed by atoms with Crippen molar-refractivity contribution in [2.24, 2.45) is 0 Å². The molecule has 0 spiro atoms. The molecule has 0 radical (unpaired) electrons. The summed E-state index contributed by atoms with van der Waals surface area (Å²) in [6, 6.07) is 9.57. The highest BCUT2D eigenvalue weighted by Gasteiger charge is 2.30. The zero-order chi connectivity index (χ0) is 35.4. The molecule has 0 unspecified atom stereocenters. The van der Waals surface area contributed by atoms with E-state index in [-0.39, 0.29) is 22.7 Å².